The van der Waals surface area contributed by atoms with Gasteiger partial charge in [0.2, 0.25) is 5.91 Å². The molecule has 0 aliphatic heterocycles. The van der Waals surface area contributed by atoms with Crippen LogP contribution in [0.25, 0.3) is 0 Å². The highest BCUT2D eigenvalue weighted by Gasteiger charge is 2.31. The third-order valence-electron chi connectivity index (χ3n) is 3.76. The largest absolute Gasteiger partial charge is 0.457 e. The van der Waals surface area contributed by atoms with Gasteiger partial charge in [-0.15, -0.1) is 0 Å². The minimum atomic E-state index is -0.772. The van der Waals surface area contributed by atoms with Gasteiger partial charge in [-0.3, -0.25) is 4.79 Å². The molecule has 26 heavy (non-hydrogen) atoms. The number of aryl methyl sites for hydroxylation is 1. The average molecular weight is 355 g/mol. The summed E-state index contributed by atoms with van der Waals surface area (Å²) < 4.78 is 5.77. The molecular formula is C20H25N3O3. The van der Waals surface area contributed by atoms with Gasteiger partial charge in [-0.05, 0) is 54.3 Å². The van der Waals surface area contributed by atoms with Crippen LogP contribution >= 0.6 is 0 Å². The lowest BCUT2D eigenvalue weighted by atomic mass is 9.86. The second-order valence-electron chi connectivity index (χ2n) is 7.24. The molecule has 0 fully saturated rings. The standard InChI is InChI=1S/C20H25N3O3/c1-13-6-5-7-16(12-13)26-15-10-8-14(9-11-15)22-19(25)23-17(18(21)24)20(2,3)4/h5-12,17H,1-4H3,(H2,21,24)(H2,22,23,25)/t17-/m1/s1. The van der Waals surface area contributed by atoms with Gasteiger partial charge in [-0.2, -0.15) is 0 Å². The Bertz CT molecular complexity index is 780. The van der Waals surface area contributed by atoms with Gasteiger partial charge in [-0.1, -0.05) is 32.9 Å². The Hall–Kier alpha value is -3.02. The number of amides is 3. The first kappa shape index (κ1) is 19.3. The topological polar surface area (TPSA) is 93.4 Å². The molecule has 0 bridgehead atoms. The number of primary amides is 1. The summed E-state index contributed by atoms with van der Waals surface area (Å²) in [6.45, 7) is 7.50. The summed E-state index contributed by atoms with van der Waals surface area (Å²) in [5, 5.41) is 5.30. The normalized spacial score (nSPS) is 12.2. The van der Waals surface area contributed by atoms with Gasteiger partial charge in [0.05, 0.1) is 0 Å². The highest BCUT2D eigenvalue weighted by Crippen LogP contribution is 2.24. The number of carbonyl (C=O) groups excluding carboxylic acids is 2. The molecule has 2 aromatic carbocycles. The van der Waals surface area contributed by atoms with Gasteiger partial charge in [0, 0.05) is 5.69 Å². The molecule has 6 heteroatoms. The zero-order chi connectivity index (χ0) is 19.3. The Balaban J connectivity index is 1.98. The van der Waals surface area contributed by atoms with Crippen molar-refractivity contribution < 1.29 is 14.3 Å². The number of anilines is 1. The summed E-state index contributed by atoms with van der Waals surface area (Å²) in [5.41, 5.74) is 6.58. The van der Waals surface area contributed by atoms with E-state index in [9.17, 15) is 9.59 Å². The highest BCUT2D eigenvalue weighted by atomic mass is 16.5. The summed E-state index contributed by atoms with van der Waals surface area (Å²) in [4.78, 5) is 23.7. The van der Waals surface area contributed by atoms with E-state index in [1.54, 1.807) is 24.3 Å². The molecule has 0 spiro atoms. The van der Waals surface area contributed by atoms with Crippen LogP contribution in [-0.4, -0.2) is 18.0 Å². The number of hydrogen-bond acceptors (Lipinski definition) is 3. The second-order valence-corrected chi connectivity index (χ2v) is 7.24. The number of hydrogen-bond donors (Lipinski definition) is 3. The van der Waals surface area contributed by atoms with Crippen LogP contribution in [0.15, 0.2) is 48.5 Å². The third kappa shape index (κ3) is 5.51. The molecule has 0 heterocycles. The summed E-state index contributed by atoms with van der Waals surface area (Å²) in [7, 11) is 0. The molecule has 0 unspecified atom stereocenters. The molecule has 0 saturated heterocycles. The number of nitrogens with two attached hydrogens (primary N) is 1. The van der Waals surface area contributed by atoms with E-state index in [-0.39, 0.29) is 0 Å². The van der Waals surface area contributed by atoms with Crippen LogP contribution < -0.4 is 21.1 Å². The van der Waals surface area contributed by atoms with Crippen molar-refractivity contribution in [2.75, 3.05) is 5.32 Å². The van der Waals surface area contributed by atoms with Gasteiger partial charge in [0.1, 0.15) is 17.5 Å². The zero-order valence-electron chi connectivity index (χ0n) is 15.5. The van der Waals surface area contributed by atoms with Gasteiger partial charge >= 0.3 is 6.03 Å². The Morgan fingerprint density at radius 2 is 1.69 bits per heavy atom. The van der Waals surface area contributed by atoms with Crippen LogP contribution in [0.4, 0.5) is 10.5 Å². The summed E-state index contributed by atoms with van der Waals surface area (Å²) in [6, 6.07) is 13.4. The minimum Gasteiger partial charge on any atom is -0.457 e. The van der Waals surface area contributed by atoms with E-state index < -0.39 is 23.4 Å². The Morgan fingerprint density at radius 1 is 1.04 bits per heavy atom. The van der Waals surface area contributed by atoms with Crippen molar-refractivity contribution in [3.05, 3.63) is 54.1 Å². The lowest BCUT2D eigenvalue weighted by Gasteiger charge is -2.28. The number of benzene rings is 2. The van der Waals surface area contributed by atoms with E-state index in [2.05, 4.69) is 10.6 Å². The molecule has 0 aliphatic rings. The predicted octanol–water partition coefficient (Wildman–Crippen LogP) is 3.81. The minimum absolute atomic E-state index is 0.477. The van der Waals surface area contributed by atoms with Gasteiger partial charge in [-0.25, -0.2) is 4.79 Å². The van der Waals surface area contributed by atoms with E-state index >= 15 is 0 Å². The first-order valence-electron chi connectivity index (χ1n) is 8.36. The molecule has 2 rings (SSSR count). The maximum absolute atomic E-state index is 12.1. The van der Waals surface area contributed by atoms with Crippen molar-refractivity contribution in [1.82, 2.24) is 5.32 Å². The van der Waals surface area contributed by atoms with E-state index in [1.165, 1.54) is 0 Å². The van der Waals surface area contributed by atoms with Crippen molar-refractivity contribution >= 4 is 17.6 Å². The summed E-state index contributed by atoms with van der Waals surface area (Å²) >= 11 is 0. The van der Waals surface area contributed by atoms with Crippen molar-refractivity contribution in [2.24, 2.45) is 11.1 Å². The maximum Gasteiger partial charge on any atom is 0.319 e. The lowest BCUT2D eigenvalue weighted by molar-refractivity contribution is -0.122. The molecule has 1 atom stereocenters. The fourth-order valence-corrected chi connectivity index (χ4v) is 2.43. The fraction of sp³-hybridized carbons (Fsp3) is 0.300. The van der Waals surface area contributed by atoms with Crippen LogP contribution in [0.2, 0.25) is 0 Å². The first-order chi connectivity index (χ1) is 12.1. The molecule has 6 nitrogen and oxygen atoms in total. The molecular weight excluding hydrogens is 330 g/mol. The quantitative estimate of drug-likeness (QED) is 0.761. The highest BCUT2D eigenvalue weighted by molar-refractivity contribution is 5.93. The van der Waals surface area contributed by atoms with Crippen LogP contribution in [0, 0.1) is 12.3 Å². The predicted molar refractivity (Wildman–Crippen MR) is 102 cm³/mol. The fourth-order valence-electron chi connectivity index (χ4n) is 2.43. The first-order valence-corrected chi connectivity index (χ1v) is 8.36. The van der Waals surface area contributed by atoms with Gasteiger partial charge in [0.25, 0.3) is 0 Å². The Labute approximate surface area is 153 Å². The van der Waals surface area contributed by atoms with E-state index in [4.69, 9.17) is 10.5 Å². The van der Waals surface area contributed by atoms with Gasteiger partial charge in [0.15, 0.2) is 0 Å². The molecule has 3 amide bonds. The smallest absolute Gasteiger partial charge is 0.319 e. The molecule has 0 radical (unpaired) electrons. The monoisotopic (exact) mass is 355 g/mol. The van der Waals surface area contributed by atoms with Crippen molar-refractivity contribution in [1.29, 1.82) is 0 Å². The number of urea groups is 1. The average Bonchev–Trinajstić information content (AvgIpc) is 2.53. The second kappa shape index (κ2) is 7.91. The van der Waals surface area contributed by atoms with E-state index in [1.807, 2.05) is 52.0 Å². The summed E-state index contributed by atoms with van der Waals surface area (Å²) in [6.07, 6.45) is 0. The van der Waals surface area contributed by atoms with Crippen molar-refractivity contribution in [3.63, 3.8) is 0 Å². The molecule has 0 saturated carbocycles. The number of nitrogens with one attached hydrogen (secondary N) is 2. The molecule has 0 aliphatic carbocycles. The van der Waals surface area contributed by atoms with Crippen LogP contribution in [0.1, 0.15) is 26.3 Å². The SMILES string of the molecule is Cc1cccc(Oc2ccc(NC(=O)N[C@H](C(N)=O)C(C)(C)C)cc2)c1. The zero-order valence-corrected chi connectivity index (χ0v) is 15.5. The van der Waals surface area contributed by atoms with Crippen molar-refractivity contribution in [2.45, 2.75) is 33.7 Å². The Morgan fingerprint density at radius 3 is 2.23 bits per heavy atom. The van der Waals surface area contributed by atoms with Crippen LogP contribution in [0.5, 0.6) is 11.5 Å². The third-order valence-corrected chi connectivity index (χ3v) is 3.76. The molecule has 138 valence electrons. The summed E-state index contributed by atoms with van der Waals surface area (Å²) in [5.74, 6) is 0.832. The maximum atomic E-state index is 12.1. The van der Waals surface area contributed by atoms with Crippen LogP contribution in [0.3, 0.4) is 0 Å². The van der Waals surface area contributed by atoms with E-state index in [0.717, 1.165) is 11.3 Å². The molecule has 0 aromatic heterocycles. The number of ether oxygens (including phenoxy) is 1. The van der Waals surface area contributed by atoms with Gasteiger partial charge < -0.3 is 21.1 Å². The lowest BCUT2D eigenvalue weighted by Crippen LogP contribution is -2.53. The van der Waals surface area contributed by atoms with E-state index in [0.29, 0.717) is 11.4 Å². The molecule has 2 aromatic rings. The molecule has 4 N–H and O–H groups in total. The Kier molecular flexibility index (Phi) is 5.87. The van der Waals surface area contributed by atoms with Crippen molar-refractivity contribution in [3.8, 4) is 11.5 Å². The van der Waals surface area contributed by atoms with Crippen LogP contribution in [-0.2, 0) is 4.79 Å². The number of carbonyl (C=O) groups is 2. The number of rotatable bonds is 5.